The van der Waals surface area contributed by atoms with Gasteiger partial charge in [0.2, 0.25) is 11.1 Å². The number of fused-ring (bicyclic) bond motifs is 1. The molecule has 2 aliphatic rings. The molecule has 0 unspecified atom stereocenters. The number of rotatable bonds is 6. The van der Waals surface area contributed by atoms with Crippen LogP contribution in [0.4, 0.5) is 0 Å². The third-order valence-electron chi connectivity index (χ3n) is 5.32. The molecule has 7 nitrogen and oxygen atoms in total. The number of thiophene rings is 2. The Labute approximate surface area is 181 Å². The van der Waals surface area contributed by atoms with E-state index in [0.717, 1.165) is 32.4 Å². The summed E-state index contributed by atoms with van der Waals surface area (Å²) in [6.45, 7) is 2.19. The van der Waals surface area contributed by atoms with Gasteiger partial charge in [0.25, 0.3) is 0 Å². The Balaban J connectivity index is 1.29. The molecule has 5 heterocycles. The lowest BCUT2D eigenvalue weighted by atomic mass is 9.98. The van der Waals surface area contributed by atoms with Crippen LogP contribution in [-0.4, -0.2) is 56.0 Å². The van der Waals surface area contributed by atoms with Gasteiger partial charge < -0.3 is 9.64 Å². The number of hydrogen-bond acceptors (Lipinski definition) is 8. The second-order valence-electron chi connectivity index (χ2n) is 7.12. The summed E-state index contributed by atoms with van der Waals surface area (Å²) in [7, 11) is 0. The minimum atomic E-state index is 0.0148. The smallest absolute Gasteiger partial charge is 0.233 e. The SMILES string of the molecule is O=C(CSc1nnnn1C[C@@H]1CCCO1)N1CCc2sccc2[C@@H]1c1cccs1. The molecule has 0 bridgehead atoms. The predicted molar refractivity (Wildman–Crippen MR) is 113 cm³/mol. The highest BCUT2D eigenvalue weighted by atomic mass is 32.2. The van der Waals surface area contributed by atoms with Gasteiger partial charge in [-0.15, -0.1) is 27.8 Å². The normalized spacial score (nSPS) is 21.4. The molecule has 1 saturated heterocycles. The van der Waals surface area contributed by atoms with E-state index in [1.807, 2.05) is 4.90 Å². The molecule has 0 radical (unpaired) electrons. The van der Waals surface area contributed by atoms with Crippen LogP contribution >= 0.6 is 34.4 Å². The molecule has 3 aromatic heterocycles. The number of carbonyl (C=O) groups is 1. The van der Waals surface area contributed by atoms with E-state index < -0.39 is 0 Å². The predicted octanol–water partition coefficient (Wildman–Crippen LogP) is 3.24. The summed E-state index contributed by atoms with van der Waals surface area (Å²) in [6.07, 6.45) is 3.19. The van der Waals surface area contributed by atoms with Crippen molar-refractivity contribution in [3.63, 3.8) is 0 Å². The number of amides is 1. The number of ether oxygens (including phenoxy) is 1. The van der Waals surface area contributed by atoms with Crippen molar-refractivity contribution in [3.05, 3.63) is 44.3 Å². The molecule has 5 rings (SSSR count). The van der Waals surface area contributed by atoms with E-state index in [4.69, 9.17) is 4.74 Å². The average Bonchev–Trinajstić information content (AvgIpc) is 3.54. The van der Waals surface area contributed by atoms with Crippen LogP contribution in [0.2, 0.25) is 0 Å². The van der Waals surface area contributed by atoms with Gasteiger partial charge in [-0.1, -0.05) is 17.8 Å². The fourth-order valence-electron chi connectivity index (χ4n) is 3.94. The molecule has 2 atom stereocenters. The van der Waals surface area contributed by atoms with Crippen molar-refractivity contribution in [2.75, 3.05) is 18.9 Å². The summed E-state index contributed by atoms with van der Waals surface area (Å²) in [5.74, 6) is 0.449. The Kier molecular flexibility index (Phi) is 5.67. The molecule has 0 N–H and O–H groups in total. The zero-order chi connectivity index (χ0) is 19.6. The lowest BCUT2D eigenvalue weighted by Gasteiger charge is -2.35. The zero-order valence-corrected chi connectivity index (χ0v) is 18.2. The van der Waals surface area contributed by atoms with Crippen molar-refractivity contribution < 1.29 is 9.53 Å². The molecule has 152 valence electrons. The Bertz CT molecular complexity index is 964. The van der Waals surface area contributed by atoms with E-state index in [9.17, 15) is 4.79 Å². The van der Waals surface area contributed by atoms with Crippen molar-refractivity contribution in [1.29, 1.82) is 0 Å². The summed E-state index contributed by atoms with van der Waals surface area (Å²) in [6, 6.07) is 6.36. The third kappa shape index (κ3) is 3.98. The van der Waals surface area contributed by atoms with E-state index in [-0.39, 0.29) is 18.1 Å². The second-order valence-corrected chi connectivity index (χ2v) is 10.0. The first-order chi connectivity index (χ1) is 14.3. The maximum absolute atomic E-state index is 13.2. The Morgan fingerprint density at radius 3 is 3.10 bits per heavy atom. The molecule has 1 amide bonds. The Morgan fingerprint density at radius 1 is 1.31 bits per heavy atom. The molecular formula is C19H21N5O2S3. The maximum Gasteiger partial charge on any atom is 0.233 e. The first-order valence-corrected chi connectivity index (χ1v) is 12.4. The highest BCUT2D eigenvalue weighted by molar-refractivity contribution is 7.99. The quantitative estimate of drug-likeness (QED) is 0.540. The van der Waals surface area contributed by atoms with Gasteiger partial charge in [-0.3, -0.25) is 4.79 Å². The highest BCUT2D eigenvalue weighted by Crippen LogP contribution is 2.39. The maximum atomic E-state index is 13.2. The van der Waals surface area contributed by atoms with E-state index in [2.05, 4.69) is 44.5 Å². The Morgan fingerprint density at radius 2 is 2.28 bits per heavy atom. The van der Waals surface area contributed by atoms with Gasteiger partial charge in [0.1, 0.15) is 0 Å². The van der Waals surface area contributed by atoms with Crippen LogP contribution in [0.1, 0.15) is 34.2 Å². The Hall–Kier alpha value is -1.75. The molecule has 2 aliphatic heterocycles. The van der Waals surface area contributed by atoms with Gasteiger partial charge in [-0.2, -0.15) is 0 Å². The molecule has 29 heavy (non-hydrogen) atoms. The van der Waals surface area contributed by atoms with Crippen LogP contribution in [0, 0.1) is 0 Å². The van der Waals surface area contributed by atoms with Gasteiger partial charge in [0.15, 0.2) is 0 Å². The van der Waals surface area contributed by atoms with Gasteiger partial charge in [-0.25, -0.2) is 4.68 Å². The largest absolute Gasteiger partial charge is 0.376 e. The monoisotopic (exact) mass is 447 g/mol. The van der Waals surface area contributed by atoms with Crippen LogP contribution in [-0.2, 0) is 22.5 Å². The lowest BCUT2D eigenvalue weighted by Crippen LogP contribution is -2.40. The molecule has 1 fully saturated rings. The van der Waals surface area contributed by atoms with Crippen LogP contribution in [0.3, 0.4) is 0 Å². The minimum absolute atomic E-state index is 0.0148. The van der Waals surface area contributed by atoms with Crippen molar-refractivity contribution >= 4 is 40.3 Å². The van der Waals surface area contributed by atoms with Gasteiger partial charge in [0, 0.05) is 22.9 Å². The zero-order valence-electron chi connectivity index (χ0n) is 15.8. The standard InChI is InChI=1S/C19H21N5O2S3/c25-17(12-29-19-20-21-22-24(19)11-13-3-1-8-26-13)23-7-5-15-14(6-10-28-15)18(23)16-4-2-9-27-16/h2,4,6,9-10,13,18H,1,3,5,7-8,11-12H2/t13-,18+/m0/s1. The number of aromatic nitrogens is 4. The van der Waals surface area contributed by atoms with E-state index >= 15 is 0 Å². The summed E-state index contributed by atoms with van der Waals surface area (Å²) in [5.41, 5.74) is 1.27. The molecule has 0 spiro atoms. The summed E-state index contributed by atoms with van der Waals surface area (Å²) in [4.78, 5) is 17.8. The first-order valence-electron chi connectivity index (χ1n) is 9.69. The topological polar surface area (TPSA) is 73.1 Å². The first kappa shape index (κ1) is 19.2. The fraction of sp³-hybridized carbons (Fsp3) is 0.474. The van der Waals surface area contributed by atoms with Crippen LogP contribution < -0.4 is 0 Å². The van der Waals surface area contributed by atoms with Gasteiger partial charge >= 0.3 is 0 Å². The minimum Gasteiger partial charge on any atom is -0.376 e. The number of hydrogen-bond donors (Lipinski definition) is 0. The lowest BCUT2D eigenvalue weighted by molar-refractivity contribution is -0.130. The van der Waals surface area contributed by atoms with Crippen molar-refractivity contribution in [2.45, 2.75) is 43.1 Å². The van der Waals surface area contributed by atoms with Crippen LogP contribution in [0.15, 0.2) is 34.1 Å². The molecule has 0 saturated carbocycles. The molecule has 10 heteroatoms. The van der Waals surface area contributed by atoms with Crippen molar-refractivity contribution in [3.8, 4) is 0 Å². The fourth-order valence-corrected chi connectivity index (χ4v) is 6.47. The number of nitrogens with zero attached hydrogens (tertiary/aromatic N) is 5. The summed E-state index contributed by atoms with van der Waals surface area (Å²) in [5, 5.41) is 16.9. The van der Waals surface area contributed by atoms with E-state index in [1.54, 1.807) is 27.4 Å². The van der Waals surface area contributed by atoms with Crippen molar-refractivity contribution in [1.82, 2.24) is 25.1 Å². The number of tetrazole rings is 1. The second kappa shape index (κ2) is 8.55. The molecule has 0 aromatic carbocycles. The van der Waals surface area contributed by atoms with Gasteiger partial charge in [0.05, 0.1) is 24.4 Å². The summed E-state index contributed by atoms with van der Waals surface area (Å²) >= 11 is 4.90. The third-order valence-corrected chi connectivity index (χ3v) is 8.19. The summed E-state index contributed by atoms with van der Waals surface area (Å²) < 4.78 is 7.45. The molecule has 0 aliphatic carbocycles. The average molecular weight is 448 g/mol. The number of thioether (sulfide) groups is 1. The van der Waals surface area contributed by atoms with E-state index in [1.165, 1.54) is 27.1 Å². The molecular weight excluding hydrogens is 426 g/mol. The number of carbonyl (C=O) groups excluding carboxylic acids is 1. The molecule has 3 aromatic rings. The van der Waals surface area contributed by atoms with Crippen LogP contribution in [0.25, 0.3) is 0 Å². The van der Waals surface area contributed by atoms with Crippen molar-refractivity contribution in [2.24, 2.45) is 0 Å². The van der Waals surface area contributed by atoms with Gasteiger partial charge in [-0.05, 0) is 58.1 Å². The van der Waals surface area contributed by atoms with Crippen LogP contribution in [0.5, 0.6) is 0 Å². The van der Waals surface area contributed by atoms with E-state index in [0.29, 0.717) is 17.5 Å². The highest BCUT2D eigenvalue weighted by Gasteiger charge is 2.33.